The number of nitrogen functional groups attached to an aromatic ring is 1. The van der Waals surface area contributed by atoms with E-state index in [2.05, 4.69) is 20.6 Å². The van der Waals surface area contributed by atoms with E-state index in [4.69, 9.17) is 17.3 Å². The van der Waals surface area contributed by atoms with Crippen molar-refractivity contribution in [2.45, 2.75) is 13.5 Å². The van der Waals surface area contributed by atoms with Gasteiger partial charge in [0, 0.05) is 46.3 Å². The monoisotopic (exact) mass is 445 g/mol. The lowest BCUT2D eigenvalue weighted by Crippen LogP contribution is -2.22. The highest BCUT2D eigenvalue weighted by molar-refractivity contribution is 6.29. The SMILES string of the molecule is Cc1cc(N)c2cc(C(=O)Nc3ccc(CNC(=O)c4ccnc(Cl)c4)cc3)ccc2n1. The second-order valence-electron chi connectivity index (χ2n) is 7.29. The van der Waals surface area contributed by atoms with Gasteiger partial charge in [-0.25, -0.2) is 4.98 Å². The van der Waals surface area contributed by atoms with Crippen molar-refractivity contribution >= 4 is 45.7 Å². The summed E-state index contributed by atoms with van der Waals surface area (Å²) in [5.74, 6) is -0.491. The van der Waals surface area contributed by atoms with Crippen molar-refractivity contribution in [2.75, 3.05) is 11.1 Å². The number of halogens is 1. The molecule has 0 atom stereocenters. The molecule has 160 valence electrons. The molecule has 0 fully saturated rings. The van der Waals surface area contributed by atoms with Crippen molar-refractivity contribution in [3.8, 4) is 0 Å². The Morgan fingerprint density at radius 1 is 0.969 bits per heavy atom. The predicted molar refractivity (Wildman–Crippen MR) is 126 cm³/mol. The molecule has 0 unspecified atom stereocenters. The number of carbonyl (C=O) groups is 2. The van der Waals surface area contributed by atoms with Gasteiger partial charge in [-0.05, 0) is 61.0 Å². The summed E-state index contributed by atoms with van der Waals surface area (Å²) in [6.07, 6.45) is 1.48. The highest BCUT2D eigenvalue weighted by atomic mass is 35.5. The average molecular weight is 446 g/mol. The Morgan fingerprint density at radius 3 is 2.47 bits per heavy atom. The van der Waals surface area contributed by atoms with Crippen LogP contribution in [0.2, 0.25) is 5.15 Å². The van der Waals surface area contributed by atoms with Crippen LogP contribution in [0.15, 0.2) is 66.9 Å². The molecule has 0 saturated carbocycles. The van der Waals surface area contributed by atoms with E-state index in [0.717, 1.165) is 22.2 Å². The van der Waals surface area contributed by atoms with Gasteiger partial charge in [0.25, 0.3) is 11.8 Å². The maximum absolute atomic E-state index is 12.7. The number of hydrogen-bond acceptors (Lipinski definition) is 5. The van der Waals surface area contributed by atoms with Gasteiger partial charge in [0.2, 0.25) is 0 Å². The molecule has 0 aliphatic rings. The predicted octanol–water partition coefficient (Wildman–Crippen LogP) is 4.36. The molecule has 2 heterocycles. The number of carbonyl (C=O) groups excluding carboxylic acids is 2. The van der Waals surface area contributed by atoms with E-state index in [1.54, 1.807) is 42.5 Å². The van der Waals surface area contributed by atoms with Crippen LogP contribution in [0.5, 0.6) is 0 Å². The third-order valence-corrected chi connectivity index (χ3v) is 5.09. The number of nitrogens with one attached hydrogen (secondary N) is 2. The molecule has 0 spiro atoms. The van der Waals surface area contributed by atoms with Crippen molar-refractivity contribution < 1.29 is 9.59 Å². The minimum atomic E-state index is -0.248. The van der Waals surface area contributed by atoms with Gasteiger partial charge in [0.1, 0.15) is 5.15 Å². The van der Waals surface area contributed by atoms with Crippen molar-refractivity contribution in [1.29, 1.82) is 0 Å². The van der Waals surface area contributed by atoms with Crippen LogP contribution in [0.1, 0.15) is 32.0 Å². The average Bonchev–Trinajstić information content (AvgIpc) is 2.78. The number of benzene rings is 2. The topological polar surface area (TPSA) is 110 Å². The molecular weight excluding hydrogens is 426 g/mol. The number of aryl methyl sites for hydroxylation is 1. The molecule has 8 heteroatoms. The van der Waals surface area contributed by atoms with Crippen LogP contribution in [0.3, 0.4) is 0 Å². The normalized spacial score (nSPS) is 10.7. The summed E-state index contributed by atoms with van der Waals surface area (Å²) >= 11 is 5.82. The molecule has 4 aromatic rings. The first-order valence-electron chi connectivity index (χ1n) is 9.86. The van der Waals surface area contributed by atoms with E-state index in [0.29, 0.717) is 29.0 Å². The largest absolute Gasteiger partial charge is 0.398 e. The standard InChI is InChI=1S/C24H20ClN5O2/c1-14-10-20(26)19-11-16(4-7-21(19)29-14)24(32)30-18-5-2-15(3-6-18)13-28-23(31)17-8-9-27-22(25)12-17/h2-12H,13H2,1H3,(H2,26,29)(H,28,31)(H,30,32). The highest BCUT2D eigenvalue weighted by Gasteiger charge is 2.10. The third-order valence-electron chi connectivity index (χ3n) is 4.88. The maximum Gasteiger partial charge on any atom is 0.255 e. The minimum Gasteiger partial charge on any atom is -0.398 e. The molecule has 2 amide bonds. The molecule has 32 heavy (non-hydrogen) atoms. The maximum atomic E-state index is 12.7. The van der Waals surface area contributed by atoms with Gasteiger partial charge in [0.05, 0.1) is 5.52 Å². The second-order valence-corrected chi connectivity index (χ2v) is 7.67. The summed E-state index contributed by atoms with van der Waals surface area (Å²) < 4.78 is 0. The quantitative estimate of drug-likeness (QED) is 0.395. The zero-order valence-corrected chi connectivity index (χ0v) is 18.0. The molecule has 0 aliphatic carbocycles. The van der Waals surface area contributed by atoms with Gasteiger partial charge in [0.15, 0.2) is 0 Å². The van der Waals surface area contributed by atoms with Gasteiger partial charge in [-0.3, -0.25) is 14.6 Å². The summed E-state index contributed by atoms with van der Waals surface area (Å²) in [7, 11) is 0. The number of amides is 2. The number of fused-ring (bicyclic) bond motifs is 1. The summed E-state index contributed by atoms with van der Waals surface area (Å²) in [6.45, 7) is 2.21. The summed E-state index contributed by atoms with van der Waals surface area (Å²) in [6, 6.07) is 17.4. The number of pyridine rings is 2. The number of nitrogens with zero attached hydrogens (tertiary/aromatic N) is 2. The Kier molecular flexibility index (Phi) is 6.00. The lowest BCUT2D eigenvalue weighted by atomic mass is 10.1. The number of hydrogen-bond donors (Lipinski definition) is 3. The first-order valence-corrected chi connectivity index (χ1v) is 10.2. The Morgan fingerprint density at radius 2 is 1.72 bits per heavy atom. The molecule has 2 aromatic carbocycles. The van der Waals surface area contributed by atoms with Crippen molar-refractivity contribution in [3.63, 3.8) is 0 Å². The van der Waals surface area contributed by atoms with Crippen LogP contribution in [0.25, 0.3) is 10.9 Å². The van der Waals surface area contributed by atoms with Gasteiger partial charge in [-0.15, -0.1) is 0 Å². The van der Waals surface area contributed by atoms with E-state index in [1.807, 2.05) is 19.1 Å². The van der Waals surface area contributed by atoms with Crippen molar-refractivity contribution in [1.82, 2.24) is 15.3 Å². The van der Waals surface area contributed by atoms with Crippen LogP contribution < -0.4 is 16.4 Å². The number of anilines is 2. The van der Waals surface area contributed by atoms with E-state index in [-0.39, 0.29) is 17.0 Å². The van der Waals surface area contributed by atoms with Crippen molar-refractivity contribution in [3.05, 3.63) is 94.4 Å². The van der Waals surface area contributed by atoms with E-state index < -0.39 is 0 Å². The Bertz CT molecular complexity index is 1320. The second kappa shape index (κ2) is 9.03. The lowest BCUT2D eigenvalue weighted by Gasteiger charge is -2.09. The molecule has 4 N–H and O–H groups in total. The third kappa shape index (κ3) is 4.84. The van der Waals surface area contributed by atoms with Crippen LogP contribution in [-0.2, 0) is 6.54 Å². The lowest BCUT2D eigenvalue weighted by molar-refractivity contribution is 0.0950. The Hall–Kier alpha value is -3.97. The molecule has 0 saturated heterocycles. The highest BCUT2D eigenvalue weighted by Crippen LogP contribution is 2.22. The van der Waals surface area contributed by atoms with Crippen LogP contribution in [0.4, 0.5) is 11.4 Å². The molecule has 0 bridgehead atoms. The van der Waals surface area contributed by atoms with Crippen molar-refractivity contribution in [2.24, 2.45) is 0 Å². The molecule has 7 nitrogen and oxygen atoms in total. The molecule has 0 aliphatic heterocycles. The molecule has 0 radical (unpaired) electrons. The van der Waals surface area contributed by atoms with Crippen LogP contribution >= 0.6 is 11.6 Å². The zero-order chi connectivity index (χ0) is 22.7. The fourth-order valence-corrected chi connectivity index (χ4v) is 3.44. The smallest absolute Gasteiger partial charge is 0.255 e. The fourth-order valence-electron chi connectivity index (χ4n) is 3.27. The first-order chi connectivity index (χ1) is 15.4. The Labute approximate surface area is 189 Å². The van der Waals surface area contributed by atoms with Crippen LogP contribution in [0, 0.1) is 6.92 Å². The Balaban J connectivity index is 1.39. The first kappa shape index (κ1) is 21.3. The van der Waals surface area contributed by atoms with E-state index in [9.17, 15) is 9.59 Å². The number of nitrogens with two attached hydrogens (primary N) is 1. The van der Waals surface area contributed by atoms with E-state index in [1.165, 1.54) is 12.3 Å². The number of aromatic nitrogens is 2. The van der Waals surface area contributed by atoms with Gasteiger partial charge >= 0.3 is 0 Å². The molecule has 2 aromatic heterocycles. The minimum absolute atomic E-state index is 0.244. The summed E-state index contributed by atoms with van der Waals surface area (Å²) in [5, 5.41) is 6.70. The van der Waals surface area contributed by atoms with E-state index >= 15 is 0 Å². The van der Waals surface area contributed by atoms with Gasteiger partial charge < -0.3 is 16.4 Å². The van der Waals surface area contributed by atoms with Gasteiger partial charge in [-0.2, -0.15) is 0 Å². The van der Waals surface area contributed by atoms with Gasteiger partial charge in [-0.1, -0.05) is 23.7 Å². The summed E-state index contributed by atoms with van der Waals surface area (Å²) in [4.78, 5) is 33.2. The fraction of sp³-hybridized carbons (Fsp3) is 0.0833. The van der Waals surface area contributed by atoms with Crippen LogP contribution in [-0.4, -0.2) is 21.8 Å². The molecule has 4 rings (SSSR count). The zero-order valence-electron chi connectivity index (χ0n) is 17.2. The summed E-state index contributed by atoms with van der Waals surface area (Å²) in [5.41, 5.74) is 10.7. The molecular formula is C24H20ClN5O2. The number of rotatable bonds is 5.